The lowest BCUT2D eigenvalue weighted by molar-refractivity contribution is 0.0947. The molecule has 2 heterocycles. The van der Waals surface area contributed by atoms with Crippen LogP contribution in [-0.2, 0) is 6.54 Å². The van der Waals surface area contributed by atoms with Crippen molar-refractivity contribution in [3.63, 3.8) is 0 Å². The molecular weight excluding hydrogens is 330 g/mol. The van der Waals surface area contributed by atoms with Crippen LogP contribution < -0.4 is 10.9 Å². The number of hydrogen-bond donors (Lipinski definition) is 2. The van der Waals surface area contributed by atoms with Crippen LogP contribution in [0.25, 0.3) is 11.3 Å². The van der Waals surface area contributed by atoms with Gasteiger partial charge < -0.3 is 5.32 Å². The number of nitrogens with one attached hydrogen (secondary N) is 2. The molecule has 1 fully saturated rings. The highest BCUT2D eigenvalue weighted by Crippen LogP contribution is 2.38. The van der Waals surface area contributed by atoms with E-state index in [-0.39, 0.29) is 11.5 Å². The predicted octanol–water partition coefficient (Wildman–Crippen LogP) is 1.94. The molecule has 0 unspecified atom stereocenters. The van der Waals surface area contributed by atoms with Gasteiger partial charge in [-0.25, -0.2) is 4.98 Å². The largest absolute Gasteiger partial charge is 0.349 e. The van der Waals surface area contributed by atoms with E-state index < -0.39 is 0 Å². The normalized spacial score (nSPS) is 13.5. The first-order chi connectivity index (χ1) is 12.7. The predicted molar refractivity (Wildman–Crippen MR) is 96.8 cm³/mol. The highest BCUT2D eigenvalue weighted by atomic mass is 16.2. The van der Waals surface area contributed by atoms with E-state index in [1.165, 1.54) is 4.57 Å². The lowest BCUT2D eigenvalue weighted by atomic mass is 10.1. The number of aromatic nitrogens is 4. The minimum atomic E-state index is -0.254. The number of amides is 1. The molecule has 0 aliphatic heterocycles. The van der Waals surface area contributed by atoms with Crippen molar-refractivity contribution < 1.29 is 4.79 Å². The van der Waals surface area contributed by atoms with Crippen molar-refractivity contribution in [3.8, 4) is 11.3 Å². The number of H-pyrrole nitrogens is 1. The van der Waals surface area contributed by atoms with Crippen molar-refractivity contribution in [2.75, 3.05) is 6.54 Å². The third kappa shape index (κ3) is 3.56. The van der Waals surface area contributed by atoms with Gasteiger partial charge >= 0.3 is 0 Å². The van der Waals surface area contributed by atoms with Gasteiger partial charge in [0.05, 0.1) is 17.7 Å². The molecule has 2 aromatic heterocycles. The van der Waals surface area contributed by atoms with Gasteiger partial charge in [0.2, 0.25) is 0 Å². The van der Waals surface area contributed by atoms with E-state index in [9.17, 15) is 9.59 Å². The van der Waals surface area contributed by atoms with E-state index in [1.54, 1.807) is 18.5 Å². The number of hydrogen-bond acceptors (Lipinski definition) is 4. The van der Waals surface area contributed by atoms with Crippen molar-refractivity contribution in [1.82, 2.24) is 25.1 Å². The summed E-state index contributed by atoms with van der Waals surface area (Å²) in [5.41, 5.74) is 2.84. The molecule has 2 N–H and O–H groups in total. The Hall–Kier alpha value is -3.22. The summed E-state index contributed by atoms with van der Waals surface area (Å²) in [4.78, 5) is 28.6. The zero-order valence-corrected chi connectivity index (χ0v) is 14.2. The van der Waals surface area contributed by atoms with Crippen LogP contribution in [0.1, 0.15) is 34.9 Å². The highest BCUT2D eigenvalue weighted by Gasteiger charge is 2.25. The third-order valence-corrected chi connectivity index (χ3v) is 4.43. The van der Waals surface area contributed by atoms with Crippen molar-refractivity contribution in [3.05, 3.63) is 70.5 Å². The number of benzene rings is 1. The summed E-state index contributed by atoms with van der Waals surface area (Å²) in [6.45, 7) is 0.713. The number of rotatable bonds is 6. The van der Waals surface area contributed by atoms with Crippen LogP contribution in [0.5, 0.6) is 0 Å². The van der Waals surface area contributed by atoms with Crippen LogP contribution >= 0.6 is 0 Å². The van der Waals surface area contributed by atoms with E-state index in [0.29, 0.717) is 30.4 Å². The fourth-order valence-electron chi connectivity index (χ4n) is 2.79. The van der Waals surface area contributed by atoms with E-state index in [2.05, 4.69) is 20.5 Å². The van der Waals surface area contributed by atoms with Crippen LogP contribution in [0, 0.1) is 0 Å². The minimum Gasteiger partial charge on any atom is -0.349 e. The van der Waals surface area contributed by atoms with Gasteiger partial charge in [-0.1, -0.05) is 30.3 Å². The maximum absolute atomic E-state index is 12.2. The molecular formula is C19H19N5O2. The Morgan fingerprint density at radius 3 is 2.77 bits per heavy atom. The third-order valence-electron chi connectivity index (χ3n) is 4.43. The first-order valence-corrected chi connectivity index (χ1v) is 8.66. The zero-order chi connectivity index (χ0) is 17.9. The Balaban J connectivity index is 1.34. The van der Waals surface area contributed by atoms with Crippen LogP contribution in [0.2, 0.25) is 0 Å². The smallest absolute Gasteiger partial charge is 0.269 e. The topological polar surface area (TPSA) is 92.7 Å². The van der Waals surface area contributed by atoms with E-state index in [4.69, 9.17) is 0 Å². The van der Waals surface area contributed by atoms with Crippen molar-refractivity contribution in [1.29, 1.82) is 0 Å². The maximum Gasteiger partial charge on any atom is 0.269 e. The molecule has 7 nitrogen and oxygen atoms in total. The Bertz CT molecular complexity index is 973. The Morgan fingerprint density at radius 2 is 2.04 bits per heavy atom. The molecule has 132 valence electrons. The molecule has 0 radical (unpaired) electrons. The summed E-state index contributed by atoms with van der Waals surface area (Å²) >= 11 is 0. The molecule has 1 amide bonds. The average Bonchev–Trinajstić information content (AvgIpc) is 3.40. The molecule has 0 bridgehead atoms. The summed E-state index contributed by atoms with van der Waals surface area (Å²) in [5.74, 6) is 0.200. The van der Waals surface area contributed by atoms with E-state index in [0.717, 1.165) is 24.1 Å². The minimum absolute atomic E-state index is 0.0796. The lowest BCUT2D eigenvalue weighted by Gasteiger charge is -2.07. The second kappa shape index (κ2) is 6.95. The summed E-state index contributed by atoms with van der Waals surface area (Å²) < 4.78 is 1.51. The molecule has 4 rings (SSSR count). The van der Waals surface area contributed by atoms with Gasteiger partial charge in [-0.3, -0.25) is 19.3 Å². The highest BCUT2D eigenvalue weighted by molar-refractivity contribution is 5.93. The van der Waals surface area contributed by atoms with Gasteiger partial charge in [-0.15, -0.1) is 0 Å². The Morgan fingerprint density at radius 1 is 1.23 bits per heavy atom. The molecule has 7 heteroatoms. The summed E-state index contributed by atoms with van der Waals surface area (Å²) in [6.07, 6.45) is 3.79. The van der Waals surface area contributed by atoms with E-state index in [1.807, 2.05) is 30.3 Å². The molecule has 26 heavy (non-hydrogen) atoms. The first kappa shape index (κ1) is 16.3. The SMILES string of the molecule is O=C(NCCn1cnc(C2CC2)cc1=O)c1cc(-c2ccccc2)n[nH]1. The summed E-state index contributed by atoms with van der Waals surface area (Å²) in [6, 6.07) is 12.9. The van der Waals surface area contributed by atoms with Crippen molar-refractivity contribution in [2.45, 2.75) is 25.3 Å². The van der Waals surface area contributed by atoms with Crippen LogP contribution in [0.4, 0.5) is 0 Å². The van der Waals surface area contributed by atoms with Gasteiger partial charge in [0.25, 0.3) is 11.5 Å². The fourth-order valence-corrected chi connectivity index (χ4v) is 2.79. The zero-order valence-electron chi connectivity index (χ0n) is 14.2. The molecule has 3 aromatic rings. The molecule has 1 aliphatic carbocycles. The lowest BCUT2D eigenvalue weighted by Crippen LogP contribution is -2.31. The fraction of sp³-hybridized carbons (Fsp3) is 0.263. The van der Waals surface area contributed by atoms with Crippen molar-refractivity contribution in [2.24, 2.45) is 0 Å². The number of aromatic amines is 1. The molecule has 0 atom stereocenters. The number of carbonyl (C=O) groups excluding carboxylic acids is 1. The summed E-state index contributed by atoms with van der Waals surface area (Å²) in [5, 5.41) is 9.71. The van der Waals surface area contributed by atoms with Crippen LogP contribution in [0.15, 0.2) is 53.6 Å². The van der Waals surface area contributed by atoms with Gasteiger partial charge in [-0.05, 0) is 18.9 Å². The Kier molecular flexibility index (Phi) is 4.35. The second-order valence-corrected chi connectivity index (χ2v) is 6.41. The first-order valence-electron chi connectivity index (χ1n) is 8.66. The van der Waals surface area contributed by atoms with E-state index >= 15 is 0 Å². The monoisotopic (exact) mass is 349 g/mol. The number of nitrogens with zero attached hydrogens (tertiary/aromatic N) is 3. The molecule has 0 spiro atoms. The van der Waals surface area contributed by atoms with Crippen molar-refractivity contribution >= 4 is 5.91 Å². The van der Waals surface area contributed by atoms with Gasteiger partial charge in [0.1, 0.15) is 5.69 Å². The molecule has 1 saturated carbocycles. The Labute approximate surface area is 150 Å². The number of carbonyl (C=O) groups is 1. The quantitative estimate of drug-likeness (QED) is 0.711. The average molecular weight is 349 g/mol. The maximum atomic E-state index is 12.2. The standard InChI is InChI=1S/C19H19N5O2/c25-18-11-15(14-6-7-14)21-12-24(18)9-8-20-19(26)17-10-16(22-23-17)13-4-2-1-3-5-13/h1-5,10-12,14H,6-9H2,(H,20,26)(H,22,23). The van der Waals surface area contributed by atoms with Gasteiger partial charge in [0, 0.05) is 30.6 Å². The van der Waals surface area contributed by atoms with Crippen LogP contribution in [-0.4, -0.2) is 32.2 Å². The van der Waals surface area contributed by atoms with Gasteiger partial charge in [0.15, 0.2) is 0 Å². The van der Waals surface area contributed by atoms with Crippen LogP contribution in [0.3, 0.4) is 0 Å². The molecule has 1 aromatic carbocycles. The second-order valence-electron chi connectivity index (χ2n) is 6.41. The molecule has 1 aliphatic rings. The van der Waals surface area contributed by atoms with Gasteiger partial charge in [-0.2, -0.15) is 5.10 Å². The molecule has 0 saturated heterocycles. The summed E-state index contributed by atoms with van der Waals surface area (Å²) in [7, 11) is 0.